The second-order valence-electron chi connectivity index (χ2n) is 17.3. The van der Waals surface area contributed by atoms with Crippen molar-refractivity contribution >= 4 is 72.8 Å². The van der Waals surface area contributed by atoms with Gasteiger partial charge in [-0.2, -0.15) is 12.6 Å². The number of carbonyl (C=O) groups is 6. The molecule has 16 nitrogen and oxygen atoms in total. The average Bonchev–Trinajstić information content (AvgIpc) is 3.71. The Balaban J connectivity index is 1.88. The molecule has 3 rings (SSSR count). The number of anilines is 1. The summed E-state index contributed by atoms with van der Waals surface area (Å²) < 4.78 is 22.3. The van der Waals surface area contributed by atoms with Crippen molar-refractivity contribution in [3.05, 3.63) is 39.8 Å². The molecular weight excluding hydrogens is 872 g/mol. The number of nitrogens with one attached hydrogen (secondary N) is 1. The van der Waals surface area contributed by atoms with Gasteiger partial charge in [0.2, 0.25) is 11.8 Å². The third-order valence-corrected chi connectivity index (χ3v) is 13.6. The molecule has 1 aromatic carbocycles. The number of aliphatic carboxylic acids is 1. The molecule has 2 unspecified atom stereocenters. The van der Waals surface area contributed by atoms with Crippen LogP contribution in [-0.2, 0) is 39.7 Å². The van der Waals surface area contributed by atoms with Crippen LogP contribution < -0.4 is 9.84 Å². The molecule has 7 atom stereocenters. The number of hydrogen-bond acceptors (Lipinski definition) is 13. The molecule has 352 valence electrons. The highest BCUT2D eigenvalue weighted by Gasteiger charge is 2.38. The van der Waals surface area contributed by atoms with Gasteiger partial charge in [0.25, 0.3) is 0 Å². The van der Waals surface area contributed by atoms with Crippen LogP contribution in [0.15, 0.2) is 23.6 Å². The number of hydrogen-bond donors (Lipinski definition) is 5. The van der Waals surface area contributed by atoms with Gasteiger partial charge < -0.3 is 24.6 Å². The fourth-order valence-corrected chi connectivity index (χ4v) is 9.57. The summed E-state index contributed by atoms with van der Waals surface area (Å²) >= 11 is 5.25. The zero-order valence-corrected chi connectivity index (χ0v) is 40.4. The van der Waals surface area contributed by atoms with Crippen molar-refractivity contribution in [1.29, 1.82) is 0 Å². The number of esters is 1. The minimum absolute atomic E-state index is 0.000200. The first-order chi connectivity index (χ1) is 29.5. The number of likely N-dealkylation sites (tertiary alicyclic amines) is 1. The van der Waals surface area contributed by atoms with E-state index >= 15 is 0 Å². The molecule has 1 aliphatic rings. The fraction of sp³-hybridized carbons (Fsp3) is 0.659. The number of benzene rings is 1. The number of thiazole rings is 1. The normalized spacial score (nSPS) is 17.5. The number of carboxylic acid groups (broad SMARTS) is 1. The van der Waals surface area contributed by atoms with Crippen LogP contribution in [0.2, 0.25) is 0 Å². The molecule has 0 spiro atoms. The molecule has 1 aromatic heterocycles. The summed E-state index contributed by atoms with van der Waals surface area (Å²) in [5.41, 5.74) is 0.637. The van der Waals surface area contributed by atoms with E-state index in [-0.39, 0.29) is 91.0 Å². The molecule has 2 heterocycles. The van der Waals surface area contributed by atoms with E-state index in [0.717, 1.165) is 37.1 Å². The van der Waals surface area contributed by atoms with Crippen molar-refractivity contribution < 1.29 is 57.5 Å². The summed E-state index contributed by atoms with van der Waals surface area (Å²) in [4.78, 5) is 106. The molecule has 19 heteroatoms. The molecular formula is C44H67N4O12PS2. The zero-order valence-electron chi connectivity index (χ0n) is 37.8. The largest absolute Gasteiger partial charge is 0.524 e. The van der Waals surface area contributed by atoms with Gasteiger partial charge in [0.15, 0.2) is 23.4 Å². The lowest BCUT2D eigenvalue weighted by molar-refractivity contribution is -0.149. The molecule has 4 N–H and O–H groups in total. The smallest absolute Gasteiger partial charge is 0.481 e. The Kier molecular flexibility index (Phi) is 21.4. The quantitative estimate of drug-likeness (QED) is 0.0268. The van der Waals surface area contributed by atoms with Gasteiger partial charge in [-0.25, -0.2) is 9.55 Å². The molecule has 1 fully saturated rings. The molecule has 2 amide bonds. The van der Waals surface area contributed by atoms with Gasteiger partial charge in [-0.15, -0.1) is 11.3 Å². The number of rotatable bonds is 26. The van der Waals surface area contributed by atoms with Crippen LogP contribution in [0.25, 0.3) is 0 Å². The maximum absolute atomic E-state index is 14.3. The molecule has 1 aliphatic heterocycles. The third-order valence-electron chi connectivity index (χ3n) is 11.9. The number of amides is 2. The van der Waals surface area contributed by atoms with Crippen molar-refractivity contribution in [3.63, 3.8) is 0 Å². The summed E-state index contributed by atoms with van der Waals surface area (Å²) in [5, 5.41) is 14.3. The standard InChI is InChI=1S/C44H67N4O12PS2/c1-9-27(4)32(23-38(51)35-13-10-11-17-47(35)7)43(53)48(8)36(26(2)3)24-40(59-29(6)49)42-46-34(25-63-42)37(50)22-31(19-28(5)44(54)55)20-30-15-16-39(60-61(56,57)58)33(21-30)45-41(52)14-12-18-62/h15-16,21,25-28,31-32,35-36,40,62H,9-14,17-20,22-24H2,1-8H3,(H,45,52)(H,54,55)(H2,56,57,58)/t27-,28?,31+,32-,35?,36+,40+/m0/s1. The number of aromatic nitrogens is 1. The first-order valence-electron chi connectivity index (χ1n) is 21.7. The second-order valence-corrected chi connectivity index (χ2v) is 19.8. The van der Waals surface area contributed by atoms with E-state index in [2.05, 4.69) is 27.8 Å². The van der Waals surface area contributed by atoms with Gasteiger partial charge in [-0.1, -0.05) is 53.5 Å². The van der Waals surface area contributed by atoms with Crippen LogP contribution in [0.4, 0.5) is 5.69 Å². The zero-order chi connectivity index (χ0) is 47.2. The number of likely N-dealkylation sites (N-methyl/N-ethyl adjacent to an activating group) is 1. The number of nitrogens with zero attached hydrogens (tertiary/aromatic N) is 3. The van der Waals surface area contributed by atoms with E-state index in [1.54, 1.807) is 17.3 Å². The maximum atomic E-state index is 14.3. The monoisotopic (exact) mass is 938 g/mol. The Bertz CT molecular complexity index is 1940. The number of phosphoric acid groups is 1. The molecule has 63 heavy (non-hydrogen) atoms. The fourth-order valence-electron chi connectivity index (χ4n) is 8.14. The van der Waals surface area contributed by atoms with Crippen molar-refractivity contribution in [2.24, 2.45) is 29.6 Å². The Morgan fingerprint density at radius 2 is 1.78 bits per heavy atom. The van der Waals surface area contributed by atoms with Gasteiger partial charge in [-0.3, -0.25) is 43.5 Å². The lowest BCUT2D eigenvalue weighted by Crippen LogP contribution is -2.48. The maximum Gasteiger partial charge on any atom is 0.524 e. The number of thiol groups is 1. The SMILES string of the molecule is CC[C@H](C)[C@H](CC(=O)C1CCCCN1C)C(=O)N(C)[C@H](C[C@@H](OC(C)=O)c1nc(C(=O)C[C@@H](Cc2ccc(OP(=O)(O)O)c(NC(=O)CCCS)c2)CC(C)C(=O)O)cs1)C(C)C. The summed E-state index contributed by atoms with van der Waals surface area (Å²) in [7, 11) is -1.32. The van der Waals surface area contributed by atoms with E-state index in [0.29, 0.717) is 29.2 Å². The minimum atomic E-state index is -5.00. The lowest BCUT2D eigenvalue weighted by atomic mass is 9.83. The Labute approximate surface area is 380 Å². The predicted octanol–water partition coefficient (Wildman–Crippen LogP) is 7.39. The molecule has 0 radical (unpaired) electrons. The van der Waals surface area contributed by atoms with Crippen molar-refractivity contribution in [1.82, 2.24) is 14.8 Å². The van der Waals surface area contributed by atoms with Crippen LogP contribution in [0.1, 0.15) is 133 Å². The van der Waals surface area contributed by atoms with Crippen LogP contribution in [0.3, 0.4) is 0 Å². The highest BCUT2D eigenvalue weighted by molar-refractivity contribution is 7.80. The molecule has 0 aliphatic carbocycles. The number of piperidine rings is 1. The van der Waals surface area contributed by atoms with Crippen molar-refractivity contribution in [3.8, 4) is 5.75 Å². The van der Waals surface area contributed by atoms with Crippen LogP contribution >= 0.6 is 31.8 Å². The van der Waals surface area contributed by atoms with E-state index in [4.69, 9.17) is 9.26 Å². The number of ketones is 2. The van der Waals surface area contributed by atoms with Crippen LogP contribution in [0, 0.1) is 29.6 Å². The van der Waals surface area contributed by atoms with Gasteiger partial charge >= 0.3 is 19.8 Å². The van der Waals surface area contributed by atoms with Crippen LogP contribution in [-0.4, -0.2) is 103 Å². The highest BCUT2D eigenvalue weighted by atomic mass is 32.1. The van der Waals surface area contributed by atoms with Crippen molar-refractivity contribution in [2.75, 3.05) is 31.7 Å². The van der Waals surface area contributed by atoms with E-state index < -0.39 is 55.6 Å². The predicted molar refractivity (Wildman–Crippen MR) is 244 cm³/mol. The molecule has 1 saturated heterocycles. The Morgan fingerprint density at radius 3 is 2.37 bits per heavy atom. The first kappa shape index (κ1) is 53.7. The van der Waals surface area contributed by atoms with Gasteiger partial charge in [-0.05, 0) is 86.9 Å². The highest BCUT2D eigenvalue weighted by Crippen LogP contribution is 2.42. The third kappa shape index (κ3) is 17.0. The summed E-state index contributed by atoms with van der Waals surface area (Å²) in [6.07, 6.45) is 3.59. The molecule has 0 bridgehead atoms. The van der Waals surface area contributed by atoms with Gasteiger partial charge in [0.05, 0.1) is 17.6 Å². The Morgan fingerprint density at radius 1 is 1.08 bits per heavy atom. The summed E-state index contributed by atoms with van der Waals surface area (Å²) in [5.74, 6) is -4.41. The summed E-state index contributed by atoms with van der Waals surface area (Å²) in [6.45, 7) is 11.6. The second kappa shape index (κ2) is 25.1. The molecule has 0 saturated carbocycles. The van der Waals surface area contributed by atoms with E-state index in [1.807, 2.05) is 34.7 Å². The number of ether oxygens (including phenoxy) is 1. The van der Waals surface area contributed by atoms with Gasteiger partial charge in [0.1, 0.15) is 10.7 Å². The number of carbonyl (C=O) groups excluding carboxylic acids is 5. The van der Waals surface area contributed by atoms with E-state index in [1.165, 1.54) is 32.0 Å². The number of phosphoric ester groups is 1. The molecule has 2 aromatic rings. The lowest BCUT2D eigenvalue weighted by Gasteiger charge is -2.37. The van der Waals surface area contributed by atoms with Crippen molar-refractivity contribution in [2.45, 2.75) is 130 Å². The summed E-state index contributed by atoms with van der Waals surface area (Å²) in [6, 6.07) is 3.65. The van der Waals surface area contributed by atoms with Gasteiger partial charge in [0, 0.05) is 57.0 Å². The number of carboxylic acids is 1. The minimum Gasteiger partial charge on any atom is -0.481 e. The Hall–Kier alpha value is -3.67. The topological polar surface area (TPSA) is 230 Å². The first-order valence-corrected chi connectivity index (χ1v) is 24.8. The number of Topliss-reactive ketones (excluding diaryl/α,β-unsaturated/α-hetero) is 2. The average molecular weight is 939 g/mol. The van der Waals surface area contributed by atoms with E-state index in [9.17, 15) is 48.2 Å². The van der Waals surface area contributed by atoms with Crippen LogP contribution in [0.5, 0.6) is 5.75 Å².